The average molecular weight is 326 g/mol. The van der Waals surface area contributed by atoms with Crippen LogP contribution in [-0.2, 0) is 11.2 Å². The molecular weight excluding hydrogens is 303 g/mol. The van der Waals surface area contributed by atoms with Crippen molar-refractivity contribution in [2.45, 2.75) is 25.3 Å². The highest BCUT2D eigenvalue weighted by molar-refractivity contribution is 5.78. The van der Waals surface area contributed by atoms with Gasteiger partial charge < -0.3 is 9.80 Å². The molecule has 126 valence electrons. The van der Waals surface area contributed by atoms with Crippen LogP contribution in [0.4, 0.5) is 10.1 Å². The highest BCUT2D eigenvalue weighted by atomic mass is 19.1. The number of para-hydroxylation sites is 1. The van der Waals surface area contributed by atoms with E-state index in [9.17, 15) is 9.18 Å². The van der Waals surface area contributed by atoms with Crippen LogP contribution >= 0.6 is 0 Å². The monoisotopic (exact) mass is 326 g/mol. The van der Waals surface area contributed by atoms with Gasteiger partial charge >= 0.3 is 0 Å². The fourth-order valence-corrected chi connectivity index (χ4v) is 3.27. The summed E-state index contributed by atoms with van der Waals surface area (Å²) in [5.74, 6) is -0.140. The maximum Gasteiger partial charge on any atom is 0.226 e. The largest absolute Gasteiger partial charge is 0.371 e. The van der Waals surface area contributed by atoms with E-state index in [4.69, 9.17) is 0 Å². The molecule has 0 N–H and O–H groups in total. The minimum atomic E-state index is -0.268. The first-order valence-corrected chi connectivity index (χ1v) is 8.43. The molecule has 1 fully saturated rings. The second kappa shape index (κ2) is 7.47. The second-order valence-corrected chi connectivity index (χ2v) is 6.36. The predicted octanol–water partition coefficient (Wildman–Crippen LogP) is 3.50. The lowest BCUT2D eigenvalue weighted by Crippen LogP contribution is -2.46. The summed E-state index contributed by atoms with van der Waals surface area (Å²) in [6.07, 6.45) is 2.29. The highest BCUT2D eigenvalue weighted by Gasteiger charge is 2.25. The number of amides is 1. The van der Waals surface area contributed by atoms with E-state index in [2.05, 4.69) is 24.1 Å². The molecule has 0 unspecified atom stereocenters. The first-order chi connectivity index (χ1) is 11.6. The molecule has 1 heterocycles. The zero-order valence-electron chi connectivity index (χ0n) is 14.0. The third-order valence-electron chi connectivity index (χ3n) is 4.80. The first-order valence-electron chi connectivity index (χ1n) is 8.43. The summed E-state index contributed by atoms with van der Waals surface area (Å²) in [5, 5.41) is 0. The number of halogens is 1. The van der Waals surface area contributed by atoms with Crippen LogP contribution in [0.1, 0.15) is 18.4 Å². The molecule has 0 bridgehead atoms. The van der Waals surface area contributed by atoms with Crippen molar-refractivity contribution in [2.75, 3.05) is 25.0 Å². The normalized spacial score (nSPS) is 15.3. The Morgan fingerprint density at radius 2 is 1.71 bits per heavy atom. The van der Waals surface area contributed by atoms with Crippen LogP contribution in [-0.4, -0.2) is 37.0 Å². The van der Waals surface area contributed by atoms with Crippen molar-refractivity contribution in [1.29, 1.82) is 0 Å². The summed E-state index contributed by atoms with van der Waals surface area (Å²) in [6.45, 7) is 1.56. The van der Waals surface area contributed by atoms with E-state index in [1.807, 2.05) is 23.1 Å². The summed E-state index contributed by atoms with van der Waals surface area (Å²) in [7, 11) is 2.12. The van der Waals surface area contributed by atoms with Crippen molar-refractivity contribution in [3.8, 4) is 0 Å². The fraction of sp³-hybridized carbons (Fsp3) is 0.350. The number of nitrogens with zero attached hydrogens (tertiary/aromatic N) is 2. The molecule has 0 aromatic heterocycles. The third kappa shape index (κ3) is 3.94. The Morgan fingerprint density at radius 1 is 1.08 bits per heavy atom. The van der Waals surface area contributed by atoms with Crippen LogP contribution < -0.4 is 4.90 Å². The molecule has 2 aromatic carbocycles. The van der Waals surface area contributed by atoms with Gasteiger partial charge in [0, 0.05) is 31.9 Å². The Bertz CT molecular complexity index is 664. The van der Waals surface area contributed by atoms with Gasteiger partial charge in [0.25, 0.3) is 0 Å². The Labute approximate surface area is 142 Å². The molecule has 3 nitrogen and oxygen atoms in total. The summed E-state index contributed by atoms with van der Waals surface area (Å²) in [5.41, 5.74) is 2.08. The molecule has 1 aliphatic rings. The van der Waals surface area contributed by atoms with Crippen molar-refractivity contribution < 1.29 is 9.18 Å². The Balaban J connectivity index is 1.53. The van der Waals surface area contributed by atoms with E-state index in [1.54, 1.807) is 12.1 Å². The van der Waals surface area contributed by atoms with Gasteiger partial charge in [0.2, 0.25) is 5.91 Å². The van der Waals surface area contributed by atoms with Gasteiger partial charge in [-0.15, -0.1) is 0 Å². The van der Waals surface area contributed by atoms with Crippen LogP contribution in [0.15, 0.2) is 54.6 Å². The lowest BCUT2D eigenvalue weighted by Gasteiger charge is -2.38. The van der Waals surface area contributed by atoms with Crippen molar-refractivity contribution in [2.24, 2.45) is 0 Å². The van der Waals surface area contributed by atoms with E-state index >= 15 is 0 Å². The molecule has 3 rings (SSSR count). The molecule has 0 spiro atoms. The number of piperidine rings is 1. The molecule has 4 heteroatoms. The topological polar surface area (TPSA) is 23.6 Å². The van der Waals surface area contributed by atoms with E-state index in [0.29, 0.717) is 12.5 Å². The number of anilines is 1. The standard InChI is InChI=1S/C20H23FN2O/c1-22(18-5-3-2-4-6-18)19-11-13-23(14-12-19)20(24)15-16-7-9-17(21)10-8-16/h2-10,19H,11-15H2,1H3. The molecular formula is C20H23FN2O. The number of likely N-dealkylation sites (tertiary alicyclic amines) is 1. The van der Waals surface area contributed by atoms with Crippen molar-refractivity contribution in [3.63, 3.8) is 0 Å². The minimum Gasteiger partial charge on any atom is -0.371 e. The Morgan fingerprint density at radius 3 is 2.33 bits per heavy atom. The quantitative estimate of drug-likeness (QED) is 0.858. The maximum atomic E-state index is 12.9. The zero-order valence-corrected chi connectivity index (χ0v) is 14.0. The molecule has 1 saturated heterocycles. The molecule has 0 aliphatic carbocycles. The Hall–Kier alpha value is -2.36. The molecule has 2 aromatic rings. The molecule has 1 amide bonds. The van der Waals surface area contributed by atoms with Crippen molar-refractivity contribution in [3.05, 3.63) is 66.0 Å². The van der Waals surface area contributed by atoms with Gasteiger partial charge in [-0.1, -0.05) is 30.3 Å². The van der Waals surface area contributed by atoms with E-state index in [0.717, 1.165) is 31.5 Å². The molecule has 0 radical (unpaired) electrons. The number of benzene rings is 2. The van der Waals surface area contributed by atoms with Crippen LogP contribution in [0.3, 0.4) is 0 Å². The summed E-state index contributed by atoms with van der Waals surface area (Å²) >= 11 is 0. The van der Waals surface area contributed by atoms with Gasteiger partial charge in [-0.3, -0.25) is 4.79 Å². The van der Waals surface area contributed by atoms with E-state index in [1.165, 1.54) is 17.8 Å². The molecule has 1 aliphatic heterocycles. The lowest BCUT2D eigenvalue weighted by atomic mass is 10.0. The van der Waals surface area contributed by atoms with Gasteiger partial charge in [0.05, 0.1) is 6.42 Å². The maximum absolute atomic E-state index is 12.9. The number of carbonyl (C=O) groups excluding carboxylic acids is 1. The second-order valence-electron chi connectivity index (χ2n) is 6.36. The van der Waals surface area contributed by atoms with Crippen LogP contribution in [0, 0.1) is 5.82 Å². The van der Waals surface area contributed by atoms with Gasteiger partial charge in [-0.05, 0) is 42.7 Å². The van der Waals surface area contributed by atoms with Gasteiger partial charge in [0.15, 0.2) is 0 Å². The minimum absolute atomic E-state index is 0.127. The number of hydrogen-bond acceptors (Lipinski definition) is 2. The zero-order chi connectivity index (χ0) is 16.9. The van der Waals surface area contributed by atoms with Crippen molar-refractivity contribution in [1.82, 2.24) is 4.90 Å². The number of carbonyl (C=O) groups is 1. The van der Waals surface area contributed by atoms with Crippen molar-refractivity contribution >= 4 is 11.6 Å². The summed E-state index contributed by atoms with van der Waals surface area (Å²) < 4.78 is 12.9. The van der Waals surface area contributed by atoms with Gasteiger partial charge in [0.1, 0.15) is 5.82 Å². The molecule has 24 heavy (non-hydrogen) atoms. The summed E-state index contributed by atoms with van der Waals surface area (Å²) in [6, 6.07) is 17.0. The van der Waals surface area contributed by atoms with Crippen LogP contribution in [0.25, 0.3) is 0 Å². The van der Waals surface area contributed by atoms with Crippen LogP contribution in [0.5, 0.6) is 0 Å². The lowest BCUT2D eigenvalue weighted by molar-refractivity contribution is -0.131. The SMILES string of the molecule is CN(c1ccccc1)C1CCN(C(=O)Cc2ccc(F)cc2)CC1. The smallest absolute Gasteiger partial charge is 0.226 e. The number of rotatable bonds is 4. The Kier molecular flexibility index (Phi) is 5.14. The highest BCUT2D eigenvalue weighted by Crippen LogP contribution is 2.22. The number of hydrogen-bond donors (Lipinski definition) is 0. The van der Waals surface area contributed by atoms with E-state index < -0.39 is 0 Å². The first kappa shape index (κ1) is 16.5. The fourth-order valence-electron chi connectivity index (χ4n) is 3.27. The predicted molar refractivity (Wildman–Crippen MR) is 94.6 cm³/mol. The molecule has 0 atom stereocenters. The van der Waals surface area contributed by atoms with Crippen LogP contribution in [0.2, 0.25) is 0 Å². The molecule has 0 saturated carbocycles. The summed E-state index contributed by atoms with van der Waals surface area (Å²) in [4.78, 5) is 16.7. The average Bonchev–Trinajstić information content (AvgIpc) is 2.64. The van der Waals surface area contributed by atoms with E-state index in [-0.39, 0.29) is 11.7 Å². The van der Waals surface area contributed by atoms with Gasteiger partial charge in [-0.25, -0.2) is 4.39 Å². The van der Waals surface area contributed by atoms with Gasteiger partial charge in [-0.2, -0.15) is 0 Å². The third-order valence-corrected chi connectivity index (χ3v) is 4.80.